The van der Waals surface area contributed by atoms with E-state index in [9.17, 15) is 4.57 Å². The molecule has 0 radical (unpaired) electrons. The molecule has 32 heavy (non-hydrogen) atoms. The van der Waals surface area contributed by atoms with E-state index >= 15 is 0 Å². The molecule has 2 nitrogen and oxygen atoms in total. The number of hydrogen-bond acceptors (Lipinski definition) is 4. The highest BCUT2D eigenvalue weighted by molar-refractivity contribution is 8.05. The summed E-state index contributed by atoms with van der Waals surface area (Å²) >= 11 is 3.44. The van der Waals surface area contributed by atoms with Gasteiger partial charge in [0, 0.05) is 46.4 Å². The molecule has 5 heteroatoms. The number of benzene rings is 4. The Morgan fingerprint density at radius 3 is 1.91 bits per heavy atom. The van der Waals surface area contributed by atoms with Crippen LogP contribution in [0.25, 0.3) is 22.2 Å². The standard InChI is InChI=1S/C27H16NOPS2/c29-30-21-9-3-5-11-23(21)31-25-15-18(20-14-13-17-7-1-2-8-19(17)28-20)16-26(27(25)30)32-24-12-6-4-10-22(24)30/h1-16H. The van der Waals surface area contributed by atoms with E-state index < -0.39 is 7.14 Å². The maximum atomic E-state index is 14.9. The van der Waals surface area contributed by atoms with Crippen molar-refractivity contribution >= 4 is 57.5 Å². The van der Waals surface area contributed by atoms with Gasteiger partial charge in [-0.25, -0.2) is 4.98 Å². The molecule has 152 valence electrons. The number of fused-ring (bicyclic) bond motifs is 5. The predicted molar refractivity (Wildman–Crippen MR) is 135 cm³/mol. The van der Waals surface area contributed by atoms with Gasteiger partial charge in [0.05, 0.1) is 11.2 Å². The number of pyridine rings is 1. The lowest BCUT2D eigenvalue weighted by molar-refractivity contribution is 0.591. The van der Waals surface area contributed by atoms with E-state index in [1.165, 1.54) is 0 Å². The molecule has 4 aromatic carbocycles. The number of nitrogens with zero attached hydrogens (tertiary/aromatic N) is 1. The zero-order valence-electron chi connectivity index (χ0n) is 16.9. The van der Waals surface area contributed by atoms with Gasteiger partial charge in [-0.1, -0.05) is 72.1 Å². The van der Waals surface area contributed by atoms with E-state index in [1.807, 2.05) is 54.6 Å². The van der Waals surface area contributed by atoms with Crippen LogP contribution >= 0.6 is 30.7 Å². The van der Waals surface area contributed by atoms with Gasteiger partial charge in [-0.2, -0.15) is 0 Å². The fraction of sp³-hybridized carbons (Fsp3) is 0. The largest absolute Gasteiger partial charge is 0.308 e. The Labute approximate surface area is 194 Å². The summed E-state index contributed by atoms with van der Waals surface area (Å²) in [6.45, 7) is 0. The Balaban J connectivity index is 1.51. The van der Waals surface area contributed by atoms with Crippen LogP contribution < -0.4 is 15.9 Å². The molecular formula is C27H16NOPS2. The first kappa shape index (κ1) is 18.8. The summed E-state index contributed by atoms with van der Waals surface area (Å²) in [4.78, 5) is 9.25. The number of rotatable bonds is 1. The first-order chi connectivity index (χ1) is 15.7. The van der Waals surface area contributed by atoms with Crippen molar-refractivity contribution in [3.8, 4) is 11.3 Å². The monoisotopic (exact) mass is 465 g/mol. The van der Waals surface area contributed by atoms with E-state index in [0.29, 0.717) is 0 Å². The van der Waals surface area contributed by atoms with Gasteiger partial charge in [0.25, 0.3) is 0 Å². The van der Waals surface area contributed by atoms with E-state index in [1.54, 1.807) is 23.5 Å². The van der Waals surface area contributed by atoms with Crippen molar-refractivity contribution in [2.24, 2.45) is 0 Å². The maximum Gasteiger partial charge on any atom is 0.175 e. The lowest BCUT2D eigenvalue weighted by Gasteiger charge is -2.34. The molecule has 0 bridgehead atoms. The van der Waals surface area contributed by atoms with E-state index in [0.717, 1.165) is 57.7 Å². The molecule has 0 unspecified atom stereocenters. The highest BCUT2D eigenvalue weighted by Gasteiger charge is 2.44. The van der Waals surface area contributed by atoms with Gasteiger partial charge < -0.3 is 4.57 Å². The summed E-state index contributed by atoms with van der Waals surface area (Å²) in [7, 11) is -2.93. The van der Waals surface area contributed by atoms with Crippen molar-refractivity contribution < 1.29 is 4.57 Å². The zero-order valence-corrected chi connectivity index (χ0v) is 19.4. The van der Waals surface area contributed by atoms with Crippen molar-refractivity contribution in [2.45, 2.75) is 19.6 Å². The summed E-state index contributed by atoms with van der Waals surface area (Å²) in [5, 5.41) is 4.05. The van der Waals surface area contributed by atoms with E-state index in [2.05, 4.69) is 42.5 Å². The van der Waals surface area contributed by atoms with Gasteiger partial charge >= 0.3 is 0 Å². The van der Waals surface area contributed by atoms with Crippen LogP contribution in [0.4, 0.5) is 0 Å². The van der Waals surface area contributed by atoms with Gasteiger partial charge in [0.2, 0.25) is 0 Å². The molecule has 5 aromatic rings. The van der Waals surface area contributed by atoms with Gasteiger partial charge in [-0.3, -0.25) is 0 Å². The summed E-state index contributed by atoms with van der Waals surface area (Å²) in [6.07, 6.45) is 0. The minimum Gasteiger partial charge on any atom is -0.308 e. The molecule has 0 atom stereocenters. The van der Waals surface area contributed by atoms with Crippen LogP contribution in [0.5, 0.6) is 0 Å². The van der Waals surface area contributed by atoms with Crippen LogP contribution in [-0.4, -0.2) is 4.98 Å². The molecule has 0 amide bonds. The van der Waals surface area contributed by atoms with Gasteiger partial charge in [0.15, 0.2) is 7.14 Å². The number of aromatic nitrogens is 1. The third-order valence-electron chi connectivity index (χ3n) is 6.10. The third kappa shape index (κ3) is 2.58. The van der Waals surface area contributed by atoms with Crippen LogP contribution in [0.3, 0.4) is 0 Å². The van der Waals surface area contributed by atoms with Crippen LogP contribution in [-0.2, 0) is 4.57 Å². The topological polar surface area (TPSA) is 30.0 Å². The molecule has 0 fully saturated rings. The molecule has 2 aliphatic heterocycles. The fourth-order valence-electron chi connectivity index (χ4n) is 4.64. The summed E-state index contributed by atoms with van der Waals surface area (Å²) in [6, 6.07) is 33.1. The van der Waals surface area contributed by atoms with Crippen LogP contribution in [0.1, 0.15) is 0 Å². The smallest absolute Gasteiger partial charge is 0.175 e. The van der Waals surface area contributed by atoms with Crippen LogP contribution in [0.15, 0.2) is 117 Å². The van der Waals surface area contributed by atoms with Crippen molar-refractivity contribution in [1.82, 2.24) is 4.98 Å². The fourth-order valence-corrected chi connectivity index (χ4v) is 11.5. The average Bonchev–Trinajstić information content (AvgIpc) is 2.84. The van der Waals surface area contributed by atoms with Crippen molar-refractivity contribution in [3.05, 3.63) is 97.1 Å². The Bertz CT molecular complexity index is 1550. The third-order valence-corrected chi connectivity index (χ3v) is 12.2. The number of para-hydroxylation sites is 1. The highest BCUT2D eigenvalue weighted by Crippen LogP contribution is 2.59. The molecule has 0 saturated carbocycles. The van der Waals surface area contributed by atoms with Crippen molar-refractivity contribution in [2.75, 3.05) is 0 Å². The van der Waals surface area contributed by atoms with Crippen LogP contribution in [0, 0.1) is 0 Å². The second-order valence-corrected chi connectivity index (χ2v) is 12.8. The predicted octanol–water partition coefficient (Wildman–Crippen LogP) is 6.47. The minimum absolute atomic E-state index is 0.941. The highest BCUT2D eigenvalue weighted by atomic mass is 32.2. The Hall–Kier alpha value is -2.78. The molecule has 1 aromatic heterocycles. The van der Waals surface area contributed by atoms with Crippen molar-refractivity contribution in [3.63, 3.8) is 0 Å². The molecular weight excluding hydrogens is 449 g/mol. The minimum atomic E-state index is -2.93. The maximum absolute atomic E-state index is 14.9. The lowest BCUT2D eigenvalue weighted by atomic mass is 10.1. The second kappa shape index (κ2) is 6.86. The molecule has 0 N–H and O–H groups in total. The molecule has 0 spiro atoms. The summed E-state index contributed by atoms with van der Waals surface area (Å²) in [5.41, 5.74) is 2.99. The van der Waals surface area contributed by atoms with Gasteiger partial charge in [-0.05, 0) is 48.5 Å². The second-order valence-electron chi connectivity index (χ2n) is 7.96. The molecule has 0 saturated heterocycles. The van der Waals surface area contributed by atoms with E-state index in [-0.39, 0.29) is 0 Å². The Kier molecular flexibility index (Phi) is 4.02. The van der Waals surface area contributed by atoms with Gasteiger partial charge in [-0.15, -0.1) is 0 Å². The lowest BCUT2D eigenvalue weighted by Crippen LogP contribution is -2.34. The normalized spacial score (nSPS) is 15.0. The van der Waals surface area contributed by atoms with Gasteiger partial charge in [0.1, 0.15) is 0 Å². The van der Waals surface area contributed by atoms with Crippen LogP contribution in [0.2, 0.25) is 0 Å². The summed E-state index contributed by atoms with van der Waals surface area (Å²) in [5.74, 6) is 0. The summed E-state index contributed by atoms with van der Waals surface area (Å²) < 4.78 is 14.9. The number of hydrogen-bond donors (Lipinski definition) is 0. The zero-order chi connectivity index (χ0) is 21.3. The first-order valence-corrected chi connectivity index (χ1v) is 13.8. The molecule has 3 heterocycles. The Morgan fingerprint density at radius 2 is 1.22 bits per heavy atom. The molecule has 7 rings (SSSR count). The first-order valence-electron chi connectivity index (χ1n) is 10.4. The van der Waals surface area contributed by atoms with E-state index in [4.69, 9.17) is 4.98 Å². The molecule has 0 aliphatic carbocycles. The Morgan fingerprint density at radius 1 is 0.625 bits per heavy atom. The SMILES string of the molecule is O=P12c3ccccc3Sc3cc(-c4ccc5ccccc5n4)cc(c31)Sc1ccccc12. The average molecular weight is 466 g/mol. The molecule has 2 aliphatic rings. The quantitative estimate of drug-likeness (QED) is 0.260. The van der Waals surface area contributed by atoms with Crippen molar-refractivity contribution in [1.29, 1.82) is 0 Å².